The van der Waals surface area contributed by atoms with Crippen molar-refractivity contribution < 1.29 is 29.0 Å². The first-order valence-electron chi connectivity index (χ1n) is 16.7. The Kier molecular flexibility index (Phi) is 12.5. The summed E-state index contributed by atoms with van der Waals surface area (Å²) in [4.78, 5) is 56.7. The lowest BCUT2D eigenvalue weighted by atomic mass is 9.72. The second kappa shape index (κ2) is 16.3. The fourth-order valence-corrected chi connectivity index (χ4v) is 6.91. The maximum absolute atomic E-state index is 14.1. The molecule has 0 aromatic heterocycles. The summed E-state index contributed by atoms with van der Waals surface area (Å²) >= 11 is 0. The molecule has 4 rings (SSSR count). The Balaban J connectivity index is 1.78. The van der Waals surface area contributed by atoms with Crippen LogP contribution in [0, 0.1) is 11.8 Å². The van der Waals surface area contributed by atoms with Crippen molar-refractivity contribution in [2.24, 2.45) is 23.3 Å². The van der Waals surface area contributed by atoms with Gasteiger partial charge in [0.05, 0.1) is 24.6 Å². The van der Waals surface area contributed by atoms with Crippen LogP contribution in [0.5, 0.6) is 0 Å². The van der Waals surface area contributed by atoms with Crippen LogP contribution in [0.15, 0.2) is 60.7 Å². The Labute approximate surface area is 278 Å². The van der Waals surface area contributed by atoms with Crippen molar-refractivity contribution in [2.75, 3.05) is 6.54 Å². The molecule has 0 spiro atoms. The van der Waals surface area contributed by atoms with Crippen LogP contribution >= 0.6 is 0 Å². The highest BCUT2D eigenvalue weighted by atomic mass is 16.6. The highest BCUT2D eigenvalue weighted by Gasteiger charge is 2.49. The summed E-state index contributed by atoms with van der Waals surface area (Å²) in [6.45, 7) is 5.94. The van der Waals surface area contributed by atoms with Crippen molar-refractivity contribution >= 4 is 23.8 Å². The van der Waals surface area contributed by atoms with Crippen molar-refractivity contribution in [3.8, 4) is 0 Å². The van der Waals surface area contributed by atoms with Crippen molar-refractivity contribution in [1.29, 1.82) is 0 Å². The molecule has 2 aromatic rings. The largest absolute Gasteiger partial charge is 0.444 e. The number of aliphatic hydroxyl groups is 1. The van der Waals surface area contributed by atoms with Crippen LogP contribution in [0.3, 0.4) is 0 Å². The molecular formula is C36H51N5O6. The number of carbonyl (C=O) groups excluding carboxylic acids is 4. The number of rotatable bonds is 12. The van der Waals surface area contributed by atoms with Gasteiger partial charge in [-0.1, -0.05) is 79.9 Å². The highest BCUT2D eigenvalue weighted by Crippen LogP contribution is 2.40. The standard InChI is InChI=1S/C36H51N5O6/c1-36(2,3)39-32(44)29-20-26-16-10-11-17-27(26)22-40(29)33(30(42)19-18-24-12-6-4-7-13-24)41(34(45)28(37)21-31(38)43)35(46)47-23-25-14-8-5-9-15-25/h4-9,12-15,26-30,33,42H,10-11,16-23,37H2,1-3H3,(H2,38,43)(H,39,44)/t26-,27+,28-,29-,30+,33?/m0/s1. The van der Waals surface area contributed by atoms with E-state index in [0.29, 0.717) is 30.9 Å². The molecule has 2 aliphatic rings. The Morgan fingerprint density at radius 1 is 0.979 bits per heavy atom. The zero-order valence-corrected chi connectivity index (χ0v) is 27.8. The average Bonchev–Trinajstić information content (AvgIpc) is 3.04. The van der Waals surface area contributed by atoms with Gasteiger partial charge < -0.3 is 26.6 Å². The molecule has 2 aromatic carbocycles. The number of nitrogens with two attached hydrogens (primary N) is 2. The third-order valence-corrected chi connectivity index (χ3v) is 9.14. The van der Waals surface area contributed by atoms with Gasteiger partial charge in [0.2, 0.25) is 11.8 Å². The summed E-state index contributed by atoms with van der Waals surface area (Å²) in [5, 5.41) is 15.2. The number of hydrogen-bond donors (Lipinski definition) is 4. The second-order valence-electron chi connectivity index (χ2n) is 14.0. The van der Waals surface area contributed by atoms with E-state index in [1.54, 1.807) is 24.3 Å². The van der Waals surface area contributed by atoms with Crippen molar-refractivity contribution in [3.63, 3.8) is 0 Å². The van der Waals surface area contributed by atoms with Gasteiger partial charge in [0.25, 0.3) is 5.91 Å². The van der Waals surface area contributed by atoms with Crippen LogP contribution in [0.25, 0.3) is 0 Å². The molecule has 4 amide bonds. The smallest absolute Gasteiger partial charge is 0.418 e. The Hall–Kier alpha value is -3.80. The summed E-state index contributed by atoms with van der Waals surface area (Å²) in [6, 6.07) is 16.4. The summed E-state index contributed by atoms with van der Waals surface area (Å²) in [7, 11) is 0. The minimum absolute atomic E-state index is 0.139. The Morgan fingerprint density at radius 3 is 2.17 bits per heavy atom. The number of aliphatic hydroxyl groups excluding tert-OH is 1. The lowest BCUT2D eigenvalue weighted by Crippen LogP contribution is -2.68. The third-order valence-electron chi connectivity index (χ3n) is 9.14. The SMILES string of the molecule is CC(C)(C)NC(=O)[C@@H]1C[C@@H]2CCCC[C@@H]2CN1C([C@H](O)CCc1ccccc1)N(C(=O)OCc1ccccc1)C(=O)[C@@H](N)CC(N)=O. The van der Waals surface area contributed by atoms with Gasteiger partial charge in [-0.3, -0.25) is 19.3 Å². The predicted octanol–water partition coefficient (Wildman–Crippen LogP) is 3.47. The normalized spacial score (nSPS) is 21.9. The van der Waals surface area contributed by atoms with Crippen LogP contribution in [0.1, 0.15) is 76.8 Å². The van der Waals surface area contributed by atoms with E-state index in [0.717, 1.165) is 36.1 Å². The van der Waals surface area contributed by atoms with Crippen LogP contribution < -0.4 is 16.8 Å². The number of benzene rings is 2. The van der Waals surface area contributed by atoms with E-state index in [4.69, 9.17) is 16.2 Å². The number of primary amides is 1. The van der Waals surface area contributed by atoms with E-state index in [2.05, 4.69) is 5.32 Å². The summed E-state index contributed by atoms with van der Waals surface area (Å²) < 4.78 is 5.69. The molecule has 6 atom stereocenters. The highest BCUT2D eigenvalue weighted by molar-refractivity contribution is 5.97. The van der Waals surface area contributed by atoms with Crippen molar-refractivity contribution in [3.05, 3.63) is 71.8 Å². The first-order valence-corrected chi connectivity index (χ1v) is 16.7. The number of carbonyl (C=O) groups is 4. The zero-order chi connectivity index (χ0) is 34.1. The number of aryl methyl sites for hydroxylation is 1. The van der Waals surface area contributed by atoms with Crippen molar-refractivity contribution in [1.82, 2.24) is 15.1 Å². The molecule has 47 heavy (non-hydrogen) atoms. The monoisotopic (exact) mass is 649 g/mol. The van der Waals surface area contributed by atoms with Gasteiger partial charge in [-0.2, -0.15) is 0 Å². The van der Waals surface area contributed by atoms with Gasteiger partial charge in [-0.05, 0) is 69.4 Å². The van der Waals surface area contributed by atoms with Crippen LogP contribution in [-0.2, 0) is 32.1 Å². The first kappa shape index (κ1) is 36.0. The lowest BCUT2D eigenvalue weighted by Gasteiger charge is -2.51. The van der Waals surface area contributed by atoms with E-state index < -0.39 is 54.2 Å². The Morgan fingerprint density at radius 2 is 1.57 bits per heavy atom. The molecule has 11 heteroatoms. The summed E-state index contributed by atoms with van der Waals surface area (Å²) in [6.07, 6.45) is 1.08. The van der Waals surface area contributed by atoms with Crippen LogP contribution in [-0.4, -0.2) is 75.2 Å². The molecule has 11 nitrogen and oxygen atoms in total. The Bertz CT molecular complexity index is 1350. The summed E-state index contributed by atoms with van der Waals surface area (Å²) in [5.74, 6) is -1.46. The third kappa shape index (κ3) is 10.1. The first-order chi connectivity index (χ1) is 22.3. The minimum atomic E-state index is -1.46. The molecule has 0 radical (unpaired) electrons. The molecule has 1 saturated heterocycles. The molecule has 1 saturated carbocycles. The van der Waals surface area contributed by atoms with Gasteiger partial charge >= 0.3 is 6.09 Å². The van der Waals surface area contributed by atoms with E-state index in [9.17, 15) is 24.3 Å². The quantitative estimate of drug-likeness (QED) is 0.271. The van der Waals surface area contributed by atoms with Crippen molar-refractivity contribution in [2.45, 2.75) is 109 Å². The topological polar surface area (TPSA) is 168 Å². The number of imide groups is 1. The second-order valence-corrected chi connectivity index (χ2v) is 14.0. The minimum Gasteiger partial charge on any atom is -0.444 e. The average molecular weight is 650 g/mol. The number of likely N-dealkylation sites (tertiary alicyclic amines) is 1. The van der Waals surface area contributed by atoms with Gasteiger partial charge in [-0.25, -0.2) is 9.69 Å². The molecular weight excluding hydrogens is 598 g/mol. The number of nitrogens with one attached hydrogen (secondary N) is 1. The molecule has 1 aliphatic heterocycles. The van der Waals surface area contributed by atoms with E-state index in [-0.39, 0.29) is 24.9 Å². The lowest BCUT2D eigenvalue weighted by molar-refractivity contribution is -0.156. The molecule has 6 N–H and O–H groups in total. The summed E-state index contributed by atoms with van der Waals surface area (Å²) in [5.41, 5.74) is 12.7. The molecule has 1 aliphatic carbocycles. The molecule has 256 valence electrons. The van der Waals surface area contributed by atoms with E-state index in [1.807, 2.05) is 62.1 Å². The maximum atomic E-state index is 14.1. The van der Waals surface area contributed by atoms with E-state index >= 15 is 0 Å². The number of amides is 4. The van der Waals surface area contributed by atoms with E-state index in [1.165, 1.54) is 0 Å². The maximum Gasteiger partial charge on any atom is 0.418 e. The van der Waals surface area contributed by atoms with Gasteiger partial charge in [-0.15, -0.1) is 0 Å². The fourth-order valence-electron chi connectivity index (χ4n) is 6.91. The van der Waals surface area contributed by atoms with Crippen LogP contribution in [0.4, 0.5) is 4.79 Å². The predicted molar refractivity (Wildman–Crippen MR) is 178 cm³/mol. The fraction of sp³-hybridized carbons (Fsp3) is 0.556. The zero-order valence-electron chi connectivity index (χ0n) is 27.8. The van der Waals surface area contributed by atoms with Gasteiger partial charge in [0, 0.05) is 12.1 Å². The molecule has 0 bridgehead atoms. The molecule has 2 fully saturated rings. The number of ether oxygens (including phenoxy) is 1. The number of nitrogens with zero attached hydrogens (tertiary/aromatic N) is 2. The number of piperidine rings is 1. The van der Waals surface area contributed by atoms with Crippen LogP contribution in [0.2, 0.25) is 0 Å². The molecule has 1 heterocycles. The van der Waals surface area contributed by atoms with Gasteiger partial charge in [0.1, 0.15) is 12.8 Å². The number of fused-ring (bicyclic) bond motifs is 1. The molecule has 1 unspecified atom stereocenters. The number of hydrogen-bond acceptors (Lipinski definition) is 8. The van der Waals surface area contributed by atoms with Gasteiger partial charge in [0.15, 0.2) is 0 Å².